The Morgan fingerprint density at radius 2 is 1.76 bits per heavy atom. The van der Waals surface area contributed by atoms with Crippen LogP contribution < -0.4 is 14.2 Å². The van der Waals surface area contributed by atoms with Crippen LogP contribution in [0.4, 0.5) is 0 Å². The van der Waals surface area contributed by atoms with Crippen LogP contribution in [0, 0.1) is 0 Å². The van der Waals surface area contributed by atoms with Crippen molar-refractivity contribution in [2.24, 2.45) is 7.05 Å². The second-order valence-corrected chi connectivity index (χ2v) is 4.97. The zero-order valence-electron chi connectivity index (χ0n) is 12.1. The SMILES string of the molecule is COc1cc(C(=O)Sc2nncn2C)cc(OC)c1OC. The number of aromatic nitrogens is 3. The molecule has 2 aromatic rings. The molecule has 0 bridgehead atoms. The van der Waals surface area contributed by atoms with E-state index in [-0.39, 0.29) is 5.12 Å². The molecule has 0 fully saturated rings. The lowest BCUT2D eigenvalue weighted by molar-refractivity contribution is 0.108. The zero-order chi connectivity index (χ0) is 15.4. The fraction of sp³-hybridized carbons (Fsp3) is 0.308. The first-order valence-corrected chi connectivity index (χ1v) is 6.78. The molecule has 7 nitrogen and oxygen atoms in total. The first-order chi connectivity index (χ1) is 10.1. The molecule has 0 amide bonds. The largest absolute Gasteiger partial charge is 0.493 e. The van der Waals surface area contributed by atoms with Crippen molar-refractivity contribution in [3.63, 3.8) is 0 Å². The lowest BCUT2D eigenvalue weighted by Gasteiger charge is -2.13. The number of hydrogen-bond donors (Lipinski definition) is 0. The Balaban J connectivity index is 2.35. The first kappa shape index (κ1) is 15.2. The smallest absolute Gasteiger partial charge is 0.227 e. The van der Waals surface area contributed by atoms with E-state index in [4.69, 9.17) is 14.2 Å². The summed E-state index contributed by atoms with van der Waals surface area (Å²) in [5.74, 6) is 1.30. The number of carbonyl (C=O) groups excluding carboxylic acids is 1. The van der Waals surface area contributed by atoms with Gasteiger partial charge in [-0.1, -0.05) is 0 Å². The second kappa shape index (κ2) is 6.49. The normalized spacial score (nSPS) is 10.3. The summed E-state index contributed by atoms with van der Waals surface area (Å²) in [7, 11) is 6.28. The molecule has 0 saturated heterocycles. The van der Waals surface area contributed by atoms with Crippen molar-refractivity contribution in [2.45, 2.75) is 5.16 Å². The number of carbonyl (C=O) groups is 1. The summed E-state index contributed by atoms with van der Waals surface area (Å²) in [6.07, 6.45) is 1.53. The predicted molar refractivity (Wildman–Crippen MR) is 77.3 cm³/mol. The van der Waals surface area contributed by atoms with Crippen LogP contribution in [-0.4, -0.2) is 41.2 Å². The number of aryl methyl sites for hydroxylation is 1. The summed E-state index contributed by atoms with van der Waals surface area (Å²) in [6, 6.07) is 3.21. The molecule has 0 unspecified atom stereocenters. The Morgan fingerprint density at radius 1 is 1.14 bits per heavy atom. The Labute approximate surface area is 126 Å². The number of thioether (sulfide) groups is 1. The van der Waals surface area contributed by atoms with E-state index >= 15 is 0 Å². The number of rotatable bonds is 5. The van der Waals surface area contributed by atoms with E-state index in [1.807, 2.05) is 0 Å². The van der Waals surface area contributed by atoms with Gasteiger partial charge in [0, 0.05) is 12.6 Å². The molecule has 0 spiro atoms. The Kier molecular flexibility index (Phi) is 4.69. The van der Waals surface area contributed by atoms with E-state index in [1.54, 1.807) is 23.7 Å². The fourth-order valence-corrected chi connectivity index (χ4v) is 2.39. The molecule has 8 heteroatoms. The molecule has 0 atom stereocenters. The Bertz CT molecular complexity index is 632. The summed E-state index contributed by atoms with van der Waals surface area (Å²) in [5.41, 5.74) is 0.428. The third-order valence-corrected chi connectivity index (χ3v) is 3.73. The maximum atomic E-state index is 12.3. The first-order valence-electron chi connectivity index (χ1n) is 5.97. The summed E-state index contributed by atoms with van der Waals surface area (Å²) >= 11 is 0.980. The summed E-state index contributed by atoms with van der Waals surface area (Å²) < 4.78 is 17.3. The van der Waals surface area contributed by atoms with E-state index in [9.17, 15) is 4.79 Å². The minimum absolute atomic E-state index is 0.189. The monoisotopic (exact) mass is 309 g/mol. The van der Waals surface area contributed by atoms with Crippen LogP contribution in [0.3, 0.4) is 0 Å². The van der Waals surface area contributed by atoms with E-state index < -0.39 is 0 Å². The molecule has 21 heavy (non-hydrogen) atoms. The highest BCUT2D eigenvalue weighted by atomic mass is 32.2. The summed E-state index contributed by atoms with van der Waals surface area (Å²) in [6.45, 7) is 0. The van der Waals surface area contributed by atoms with Gasteiger partial charge >= 0.3 is 0 Å². The average molecular weight is 309 g/mol. The van der Waals surface area contributed by atoms with E-state index in [2.05, 4.69) is 10.2 Å². The van der Waals surface area contributed by atoms with Gasteiger partial charge in [0.25, 0.3) is 0 Å². The highest BCUT2D eigenvalue weighted by Crippen LogP contribution is 2.39. The van der Waals surface area contributed by atoms with E-state index in [0.29, 0.717) is 28.0 Å². The van der Waals surface area contributed by atoms with Crippen LogP contribution in [0.25, 0.3) is 0 Å². The molecule has 0 N–H and O–H groups in total. The molecule has 2 rings (SSSR count). The maximum Gasteiger partial charge on any atom is 0.227 e. The molecule has 1 heterocycles. The van der Waals surface area contributed by atoms with Crippen molar-refractivity contribution >= 4 is 16.9 Å². The predicted octanol–water partition coefficient (Wildman–Crippen LogP) is 1.77. The highest BCUT2D eigenvalue weighted by molar-refractivity contribution is 8.14. The van der Waals surface area contributed by atoms with Gasteiger partial charge in [-0.15, -0.1) is 10.2 Å². The van der Waals surface area contributed by atoms with Gasteiger partial charge in [-0.05, 0) is 23.9 Å². The fourth-order valence-electron chi connectivity index (χ4n) is 1.71. The van der Waals surface area contributed by atoms with Gasteiger partial charge in [0.05, 0.1) is 21.3 Å². The van der Waals surface area contributed by atoms with Crippen molar-refractivity contribution in [1.29, 1.82) is 0 Å². The molecule has 1 aromatic heterocycles. The van der Waals surface area contributed by atoms with Gasteiger partial charge in [0.1, 0.15) is 6.33 Å². The zero-order valence-corrected chi connectivity index (χ0v) is 12.9. The van der Waals surface area contributed by atoms with Crippen molar-refractivity contribution in [3.8, 4) is 17.2 Å². The molecule has 112 valence electrons. The Morgan fingerprint density at radius 3 is 2.19 bits per heavy atom. The van der Waals surface area contributed by atoms with Crippen molar-refractivity contribution in [2.75, 3.05) is 21.3 Å². The molecule has 0 aliphatic carbocycles. The van der Waals surface area contributed by atoms with E-state index in [0.717, 1.165) is 11.8 Å². The summed E-state index contributed by atoms with van der Waals surface area (Å²) in [4.78, 5) is 12.3. The van der Waals surface area contributed by atoms with Crippen molar-refractivity contribution in [1.82, 2.24) is 14.8 Å². The molecular formula is C13H15N3O4S. The maximum absolute atomic E-state index is 12.3. The second-order valence-electron chi connectivity index (χ2n) is 4.03. The molecule has 0 radical (unpaired) electrons. The van der Waals surface area contributed by atoms with Crippen LogP contribution in [0.15, 0.2) is 23.6 Å². The number of hydrogen-bond acceptors (Lipinski definition) is 7. The number of benzene rings is 1. The average Bonchev–Trinajstić information content (AvgIpc) is 2.90. The minimum atomic E-state index is -0.189. The third kappa shape index (κ3) is 3.10. The summed E-state index contributed by atoms with van der Waals surface area (Å²) in [5, 5.41) is 7.92. The van der Waals surface area contributed by atoms with Gasteiger partial charge < -0.3 is 18.8 Å². The van der Waals surface area contributed by atoms with Gasteiger partial charge in [-0.25, -0.2) is 0 Å². The van der Waals surface area contributed by atoms with Gasteiger partial charge in [-0.2, -0.15) is 0 Å². The van der Waals surface area contributed by atoms with Crippen molar-refractivity contribution in [3.05, 3.63) is 24.0 Å². The quantitative estimate of drug-likeness (QED) is 0.779. The van der Waals surface area contributed by atoms with E-state index in [1.165, 1.54) is 27.7 Å². The Hall–Kier alpha value is -2.22. The molecule has 0 aliphatic rings. The van der Waals surface area contributed by atoms with Gasteiger partial charge in [0.15, 0.2) is 16.7 Å². The third-order valence-electron chi connectivity index (χ3n) is 2.75. The van der Waals surface area contributed by atoms with Gasteiger partial charge in [0.2, 0.25) is 10.9 Å². The number of ether oxygens (including phenoxy) is 3. The van der Waals surface area contributed by atoms with Crippen LogP contribution in [0.2, 0.25) is 0 Å². The van der Waals surface area contributed by atoms with Gasteiger partial charge in [-0.3, -0.25) is 4.79 Å². The van der Waals surface area contributed by atoms with Crippen LogP contribution in [-0.2, 0) is 7.05 Å². The number of nitrogens with zero attached hydrogens (tertiary/aromatic N) is 3. The molecule has 0 aliphatic heterocycles. The molecule has 0 saturated carbocycles. The topological polar surface area (TPSA) is 75.5 Å². The lowest BCUT2D eigenvalue weighted by Crippen LogP contribution is -2.01. The highest BCUT2D eigenvalue weighted by Gasteiger charge is 2.19. The molecular weight excluding hydrogens is 294 g/mol. The minimum Gasteiger partial charge on any atom is -0.493 e. The van der Waals surface area contributed by atoms with Crippen LogP contribution >= 0.6 is 11.8 Å². The lowest BCUT2D eigenvalue weighted by atomic mass is 10.2. The van der Waals surface area contributed by atoms with Crippen LogP contribution in [0.1, 0.15) is 10.4 Å². The molecule has 1 aromatic carbocycles. The van der Waals surface area contributed by atoms with Crippen molar-refractivity contribution < 1.29 is 19.0 Å². The van der Waals surface area contributed by atoms with Crippen LogP contribution in [0.5, 0.6) is 17.2 Å². The number of methoxy groups -OCH3 is 3. The standard InChI is InChI=1S/C13H15N3O4S/c1-16-7-14-15-13(16)21-12(17)8-5-9(18-2)11(20-4)10(6-8)19-3/h5-7H,1-4H3.